The number of imidazole rings is 1. The number of amides is 2. The van der Waals surface area contributed by atoms with Crippen molar-refractivity contribution in [3.05, 3.63) is 49.1 Å². The maximum atomic E-state index is 12.7. The van der Waals surface area contributed by atoms with Crippen molar-refractivity contribution >= 4 is 69.1 Å². The second-order valence-electron chi connectivity index (χ2n) is 16.7. The lowest BCUT2D eigenvalue weighted by Crippen LogP contribution is -2.46. The lowest BCUT2D eigenvalue weighted by Gasteiger charge is -2.36. The molecule has 1 saturated heterocycles. The average Bonchev–Trinajstić information content (AvgIpc) is 3.84. The van der Waals surface area contributed by atoms with Crippen LogP contribution < -0.4 is 35.9 Å². The molecule has 1 aliphatic heterocycles. The van der Waals surface area contributed by atoms with E-state index in [9.17, 15) is 63.0 Å². The summed E-state index contributed by atoms with van der Waals surface area (Å²) in [5.74, 6) is -1.35. The van der Waals surface area contributed by atoms with Gasteiger partial charge in [-0.25, -0.2) is 19.3 Å². The summed E-state index contributed by atoms with van der Waals surface area (Å²) < 4.78 is 60.8. The van der Waals surface area contributed by atoms with Crippen LogP contribution in [-0.4, -0.2) is 114 Å². The topological polar surface area (TPSA) is 395 Å². The molecule has 3 heterocycles. The number of hydrogen-bond acceptors (Lipinski definition) is 23. The van der Waals surface area contributed by atoms with E-state index in [0.717, 1.165) is 86.8 Å². The van der Waals surface area contributed by atoms with E-state index in [4.69, 9.17) is 10.5 Å². The van der Waals surface area contributed by atoms with Crippen LogP contribution in [0, 0.1) is 5.41 Å². The number of aromatic nitrogens is 4. The van der Waals surface area contributed by atoms with Gasteiger partial charge in [0.05, 0.1) is 33.5 Å². The largest absolute Gasteiger partial charge is 0.790 e. The number of phosphoric ester groups is 3. The Morgan fingerprint density at radius 1 is 0.929 bits per heavy atom. The van der Waals surface area contributed by atoms with Gasteiger partial charge in [-0.2, -0.15) is 0 Å². The molecule has 0 spiro atoms. The Morgan fingerprint density at radius 3 is 2.29 bits per heavy atom. The van der Waals surface area contributed by atoms with Crippen LogP contribution in [0.2, 0.25) is 0 Å². The molecule has 1 aliphatic rings. The van der Waals surface area contributed by atoms with Crippen LogP contribution in [0.1, 0.15) is 104 Å². The predicted molar refractivity (Wildman–Crippen MR) is 248 cm³/mol. The minimum absolute atomic E-state index is 0.000869. The molecule has 25 nitrogen and oxygen atoms in total. The first-order valence-corrected chi connectivity index (χ1v) is 27.9. The molecule has 2 aromatic rings. The van der Waals surface area contributed by atoms with E-state index < -0.39 is 90.7 Å². The summed E-state index contributed by atoms with van der Waals surface area (Å²) in [6.07, 6.45) is 14.2. The number of phosphoric acid groups is 3. The maximum Gasteiger partial charge on any atom is 0.274 e. The molecule has 0 aromatic carbocycles. The molecule has 0 bridgehead atoms. The van der Waals surface area contributed by atoms with Crippen LogP contribution >= 0.6 is 35.2 Å². The smallest absolute Gasteiger partial charge is 0.274 e. The fourth-order valence-corrected chi connectivity index (χ4v) is 10.1. The number of carbonyl (C=O) groups excluding carboxylic acids is 3. The normalized spacial score (nSPS) is 20.5. The van der Waals surface area contributed by atoms with Gasteiger partial charge < -0.3 is 74.1 Å². The van der Waals surface area contributed by atoms with Crippen molar-refractivity contribution in [2.24, 2.45) is 5.41 Å². The number of hydrogen-bond donors (Lipinski definition) is 6. The zero-order valence-electron chi connectivity index (χ0n) is 39.2. The number of nitrogens with one attached hydrogen (secondary N) is 2. The van der Waals surface area contributed by atoms with E-state index >= 15 is 0 Å². The number of rotatable bonds is 34. The summed E-state index contributed by atoms with van der Waals surface area (Å²) in [7, 11) is -17.7. The molecular weight excluding hydrogens is 1000 g/mol. The molecule has 1 fully saturated rings. The number of thioether (sulfide) groups is 1. The summed E-state index contributed by atoms with van der Waals surface area (Å²) >= 11 is 0.977. The summed E-state index contributed by atoms with van der Waals surface area (Å²) in [6.45, 7) is 2.09. The minimum Gasteiger partial charge on any atom is -0.790 e. The second kappa shape index (κ2) is 30.1. The zero-order chi connectivity index (χ0) is 52.0. The maximum absolute atomic E-state index is 12.7. The molecule has 29 heteroatoms. The van der Waals surface area contributed by atoms with Crippen molar-refractivity contribution in [1.29, 1.82) is 0 Å². The zero-order valence-corrected chi connectivity index (χ0v) is 42.7. The molecule has 2 unspecified atom stereocenters. The number of anilines is 1. The minimum atomic E-state index is -5.93. The van der Waals surface area contributed by atoms with Crippen LogP contribution in [0.5, 0.6) is 0 Å². The fourth-order valence-electron chi connectivity index (χ4n) is 6.62. The van der Waals surface area contributed by atoms with E-state index in [2.05, 4.69) is 86.8 Å². The number of nitrogens with zero attached hydrogens (tertiary/aromatic N) is 4. The summed E-state index contributed by atoms with van der Waals surface area (Å²) in [4.78, 5) is 97.0. The first-order valence-electron chi connectivity index (χ1n) is 22.6. The lowest BCUT2D eigenvalue weighted by atomic mass is 9.87. The Hall–Kier alpha value is -3.26. The fraction of sp³-hybridized carbons (Fsp3) is 0.659. The third-order valence-electron chi connectivity index (χ3n) is 10.3. The average molecular weight is 1070 g/mol. The molecule has 0 saturated carbocycles. The van der Waals surface area contributed by atoms with Gasteiger partial charge in [-0.05, 0) is 38.5 Å². The van der Waals surface area contributed by atoms with Gasteiger partial charge in [-0.1, -0.05) is 94.7 Å². The van der Waals surface area contributed by atoms with E-state index in [1.807, 2.05) is 0 Å². The quantitative estimate of drug-likeness (QED) is 0.0328. The summed E-state index contributed by atoms with van der Waals surface area (Å²) in [6, 6.07) is 0. The molecule has 0 radical (unpaired) electrons. The number of fused-ring (bicyclic) bond motifs is 1. The molecule has 2 aromatic heterocycles. The van der Waals surface area contributed by atoms with E-state index in [1.54, 1.807) is 0 Å². The van der Waals surface area contributed by atoms with Crippen LogP contribution in [-0.2, 0) is 50.7 Å². The number of aliphatic hydroxyl groups is 3. The van der Waals surface area contributed by atoms with Crippen LogP contribution in [0.3, 0.4) is 0 Å². The third kappa shape index (κ3) is 22.7. The van der Waals surface area contributed by atoms with Gasteiger partial charge in [0.25, 0.3) is 15.6 Å². The number of nitrogen functional groups attached to an aromatic ring is 1. The molecule has 2 amide bonds. The Bertz CT molecular complexity index is 2210. The highest BCUT2D eigenvalue weighted by molar-refractivity contribution is 8.13. The van der Waals surface area contributed by atoms with Gasteiger partial charge in [0.15, 0.2) is 22.8 Å². The van der Waals surface area contributed by atoms with E-state index in [1.165, 1.54) is 13.8 Å². The van der Waals surface area contributed by atoms with E-state index in [0.29, 0.717) is 6.42 Å². The Balaban J connectivity index is 1.30. The number of carbonyl (C=O) groups is 3. The van der Waals surface area contributed by atoms with Crippen molar-refractivity contribution in [2.75, 3.05) is 37.8 Å². The van der Waals surface area contributed by atoms with Crippen molar-refractivity contribution in [3.63, 3.8) is 0 Å². The van der Waals surface area contributed by atoms with Crippen LogP contribution in [0.25, 0.3) is 11.2 Å². The lowest BCUT2D eigenvalue weighted by molar-refractivity contribution is -0.347. The van der Waals surface area contributed by atoms with Crippen LogP contribution in [0.4, 0.5) is 5.82 Å². The molecular formula is C41H64N7O18P3S-4. The third-order valence-corrected chi connectivity index (χ3v) is 14.2. The Kier molecular flexibility index (Phi) is 26.2. The molecule has 3 rings (SSSR count). The highest BCUT2D eigenvalue weighted by atomic mass is 32.2. The molecule has 7 N–H and O–H groups in total. The Labute approximate surface area is 410 Å². The highest BCUT2D eigenvalue weighted by Gasteiger charge is 2.47. The number of aliphatic hydroxyl groups excluding tert-OH is 3. The number of unbranched alkanes of at least 4 members (excludes halogenated alkanes) is 5. The van der Waals surface area contributed by atoms with Crippen molar-refractivity contribution in [1.82, 2.24) is 30.2 Å². The van der Waals surface area contributed by atoms with Gasteiger partial charge in [-0.3, -0.25) is 28.1 Å². The van der Waals surface area contributed by atoms with Crippen molar-refractivity contribution in [2.45, 2.75) is 135 Å². The predicted octanol–water partition coefficient (Wildman–Crippen LogP) is 1.48. The first kappa shape index (κ1) is 61.0. The van der Waals surface area contributed by atoms with Gasteiger partial charge in [0.1, 0.15) is 36.3 Å². The molecule has 8 atom stereocenters. The number of nitrogens with two attached hydrogens (primary N) is 1. The number of allylic oxidation sites excluding steroid dienone is 6. The van der Waals surface area contributed by atoms with E-state index in [-0.39, 0.29) is 53.8 Å². The van der Waals surface area contributed by atoms with Gasteiger partial charge in [-0.15, -0.1) is 0 Å². The van der Waals surface area contributed by atoms with Crippen molar-refractivity contribution in [3.8, 4) is 0 Å². The van der Waals surface area contributed by atoms with Gasteiger partial charge in [0.2, 0.25) is 11.8 Å². The summed E-state index contributed by atoms with van der Waals surface area (Å²) in [5, 5.41) is 36.4. The molecule has 0 aliphatic carbocycles. The van der Waals surface area contributed by atoms with Gasteiger partial charge in [0, 0.05) is 37.1 Å². The monoisotopic (exact) mass is 1070 g/mol. The standard InChI is InChI=1S/C41H68N7O18P3S/c1-4-5-6-7-8-9-10-11-12-13-14-15-16-17-18-19-29(49)24-32(51)70-23-22-43-31(50)20-21-44-39(54)36(53)41(2,3)26-63-69(60,61)66-68(58,59)62-25-30-35(65-67(55,56)57)34(52)40(64-30)48-28-47-33-37(42)45-27-46-38(33)48/h5-6,8-9,11-12,27-30,34-36,40,49,52-53H,4,7,10,13-26H2,1-3H3,(H,43,50)(H,44,54)(H,58,59)(H,60,61)(H2,42,45,46)(H2,55,56,57)/p-4/b6-5-,9-8-,12-11-/t29-,30-,34-,35-,36+,40-/m1/s1. The first-order chi connectivity index (χ1) is 32.9. The Morgan fingerprint density at radius 2 is 1.59 bits per heavy atom. The highest BCUT2D eigenvalue weighted by Crippen LogP contribution is 2.56. The number of ether oxygens (including phenoxy) is 1. The van der Waals surface area contributed by atoms with Gasteiger partial charge >= 0.3 is 0 Å². The SMILES string of the molecule is CC/C=C\C/C=C\C/C=C\CCCCCCC[C@@H](O)CC(=O)SCCNC(=O)CCNC(=O)[C@H](O)C(C)(C)COP(=O)([O-])OP(=O)([O-])OC[C@H]1O[C@@H](n2cnc3c(N)ncnc32)[C@H](O)[C@@H]1OP(=O)([O-])[O-]. The molecule has 70 heavy (non-hydrogen) atoms. The summed E-state index contributed by atoms with van der Waals surface area (Å²) in [5.41, 5.74) is 4.05. The molecule has 396 valence electrons. The van der Waals surface area contributed by atoms with Crippen LogP contribution in [0.15, 0.2) is 49.1 Å². The second-order valence-corrected chi connectivity index (χ2v) is 21.9. The van der Waals surface area contributed by atoms with Crippen molar-refractivity contribution < 1.29 is 85.6 Å².